The molecule has 7 nitrogen and oxygen atoms in total. The van der Waals surface area contributed by atoms with E-state index in [0.717, 1.165) is 34.2 Å². The van der Waals surface area contributed by atoms with Crippen molar-refractivity contribution >= 4 is 35.1 Å². The predicted molar refractivity (Wildman–Crippen MR) is 179 cm³/mol. The molecule has 0 unspecified atom stereocenters. The van der Waals surface area contributed by atoms with E-state index in [0.29, 0.717) is 53.2 Å². The Bertz CT molecular complexity index is 1730. The van der Waals surface area contributed by atoms with Gasteiger partial charge in [0.2, 0.25) is 0 Å². The number of benzene rings is 4. The number of likely N-dealkylation sites (N-methyl/N-ethyl adjacent to an activating group) is 1. The van der Waals surface area contributed by atoms with Crippen molar-refractivity contribution in [1.29, 1.82) is 0 Å². The van der Waals surface area contributed by atoms with Crippen LogP contribution in [0.5, 0.6) is 11.5 Å². The Balaban J connectivity index is 1.24. The average Bonchev–Trinajstić information content (AvgIpc) is 3.19. The molecule has 0 saturated heterocycles. The van der Waals surface area contributed by atoms with Gasteiger partial charge in [-0.1, -0.05) is 78.7 Å². The number of rotatable bonds is 8. The standard InChI is InChI=1S/C37H36Cl2N2O5/c1-4-33(25-12-15-30(38)31(39)17-25)45-28-13-10-24(11-14-28)35-22-40(2)36(42)29-16-26-18-32(37(43)44-3)41(20-23-8-6-5-7-9-23)21-27(26)19-34(29)46-35/h5-17,19,32-33,35H,4,18,20-22H2,1-3H3/t32-,33+,35+/m0/s1. The van der Waals surface area contributed by atoms with E-state index < -0.39 is 6.04 Å². The Morgan fingerprint density at radius 2 is 1.74 bits per heavy atom. The molecule has 2 aliphatic rings. The van der Waals surface area contributed by atoms with Gasteiger partial charge in [-0.3, -0.25) is 14.5 Å². The second-order valence-electron chi connectivity index (χ2n) is 11.8. The maximum absolute atomic E-state index is 13.6. The molecule has 0 spiro atoms. The van der Waals surface area contributed by atoms with Crippen molar-refractivity contribution in [3.63, 3.8) is 0 Å². The summed E-state index contributed by atoms with van der Waals surface area (Å²) in [4.78, 5) is 30.2. The van der Waals surface area contributed by atoms with Crippen LogP contribution in [0.2, 0.25) is 10.0 Å². The first-order valence-corrected chi connectivity index (χ1v) is 16.1. The lowest BCUT2D eigenvalue weighted by Gasteiger charge is -2.35. The lowest BCUT2D eigenvalue weighted by molar-refractivity contribution is -0.148. The third kappa shape index (κ3) is 6.73. The molecule has 4 aromatic carbocycles. The zero-order valence-corrected chi connectivity index (χ0v) is 27.6. The number of esters is 1. The number of amides is 1. The van der Waals surface area contributed by atoms with Crippen molar-refractivity contribution in [3.8, 4) is 11.5 Å². The van der Waals surface area contributed by atoms with Crippen LogP contribution in [0, 0.1) is 0 Å². The molecule has 0 fully saturated rings. The quantitative estimate of drug-likeness (QED) is 0.180. The van der Waals surface area contributed by atoms with Gasteiger partial charge in [0, 0.05) is 20.1 Å². The minimum atomic E-state index is -0.451. The van der Waals surface area contributed by atoms with Gasteiger partial charge >= 0.3 is 5.97 Å². The number of halogens is 2. The van der Waals surface area contributed by atoms with Gasteiger partial charge in [0.05, 0.1) is 29.3 Å². The number of ether oxygens (including phenoxy) is 3. The van der Waals surface area contributed by atoms with Gasteiger partial charge in [0.1, 0.15) is 29.7 Å². The van der Waals surface area contributed by atoms with Crippen LogP contribution in [0.3, 0.4) is 0 Å². The first-order chi connectivity index (χ1) is 22.2. The summed E-state index contributed by atoms with van der Waals surface area (Å²) in [6.07, 6.45) is 0.635. The Morgan fingerprint density at radius 1 is 0.978 bits per heavy atom. The Labute approximate surface area is 279 Å². The van der Waals surface area contributed by atoms with Gasteiger partial charge in [0.15, 0.2) is 0 Å². The van der Waals surface area contributed by atoms with E-state index in [4.69, 9.17) is 37.4 Å². The summed E-state index contributed by atoms with van der Waals surface area (Å²) in [5.41, 5.74) is 5.47. The molecule has 0 aliphatic carbocycles. The van der Waals surface area contributed by atoms with Crippen LogP contribution in [0.4, 0.5) is 0 Å². The molecule has 0 N–H and O–H groups in total. The van der Waals surface area contributed by atoms with Gasteiger partial charge in [0.25, 0.3) is 5.91 Å². The van der Waals surface area contributed by atoms with Crippen LogP contribution in [-0.4, -0.2) is 48.4 Å². The zero-order valence-electron chi connectivity index (χ0n) is 26.0. The third-order valence-electron chi connectivity index (χ3n) is 8.73. The molecule has 46 heavy (non-hydrogen) atoms. The van der Waals surface area contributed by atoms with Crippen LogP contribution in [0.15, 0.2) is 84.9 Å². The summed E-state index contributed by atoms with van der Waals surface area (Å²) in [6, 6.07) is 26.8. The predicted octanol–water partition coefficient (Wildman–Crippen LogP) is 7.83. The van der Waals surface area contributed by atoms with E-state index in [1.807, 2.05) is 66.7 Å². The Kier molecular flexibility index (Phi) is 9.54. The molecule has 0 bridgehead atoms. The first kappa shape index (κ1) is 31.9. The number of methoxy groups -OCH3 is 1. The fraction of sp³-hybridized carbons (Fsp3) is 0.297. The second-order valence-corrected chi connectivity index (χ2v) is 12.6. The monoisotopic (exact) mass is 658 g/mol. The van der Waals surface area contributed by atoms with Crippen molar-refractivity contribution in [1.82, 2.24) is 9.80 Å². The lowest BCUT2D eigenvalue weighted by atomic mass is 9.91. The maximum atomic E-state index is 13.6. The van der Waals surface area contributed by atoms with Crippen LogP contribution in [-0.2, 0) is 29.0 Å². The van der Waals surface area contributed by atoms with E-state index in [2.05, 4.69) is 24.0 Å². The van der Waals surface area contributed by atoms with Crippen molar-refractivity contribution in [2.75, 3.05) is 20.7 Å². The van der Waals surface area contributed by atoms with E-state index >= 15 is 0 Å². The number of carbonyl (C=O) groups is 2. The molecule has 9 heteroatoms. The SMILES string of the molecule is CC[C@@H](Oc1ccc([C@H]2CN(C)C(=O)c3cc4c(cc3O2)CN(Cc2ccccc2)[C@H](C(=O)OC)C4)cc1)c1ccc(Cl)c(Cl)c1. The number of nitrogens with zero attached hydrogens (tertiary/aromatic N) is 2. The van der Waals surface area contributed by atoms with Gasteiger partial charge in [-0.05, 0) is 77.1 Å². The van der Waals surface area contributed by atoms with Crippen LogP contribution in [0.1, 0.15) is 63.7 Å². The van der Waals surface area contributed by atoms with Crippen molar-refractivity contribution in [3.05, 3.63) is 128 Å². The van der Waals surface area contributed by atoms with E-state index in [1.54, 1.807) is 18.0 Å². The van der Waals surface area contributed by atoms with Crippen molar-refractivity contribution < 1.29 is 23.8 Å². The summed E-state index contributed by atoms with van der Waals surface area (Å²) >= 11 is 12.4. The highest BCUT2D eigenvalue weighted by Crippen LogP contribution is 2.37. The summed E-state index contributed by atoms with van der Waals surface area (Å²) in [5, 5.41) is 1.00. The highest BCUT2D eigenvalue weighted by molar-refractivity contribution is 6.42. The summed E-state index contributed by atoms with van der Waals surface area (Å²) < 4.78 is 18.1. The highest BCUT2D eigenvalue weighted by atomic mass is 35.5. The van der Waals surface area contributed by atoms with Crippen LogP contribution < -0.4 is 9.47 Å². The first-order valence-electron chi connectivity index (χ1n) is 15.4. The van der Waals surface area contributed by atoms with E-state index in [9.17, 15) is 9.59 Å². The molecule has 0 radical (unpaired) electrons. The van der Waals surface area contributed by atoms with E-state index in [1.165, 1.54) is 7.11 Å². The molecular formula is C37H36Cl2N2O5. The minimum Gasteiger partial charge on any atom is -0.486 e. The largest absolute Gasteiger partial charge is 0.486 e. The number of hydrogen-bond donors (Lipinski definition) is 0. The molecule has 3 atom stereocenters. The highest BCUT2D eigenvalue weighted by Gasteiger charge is 2.35. The normalized spacial score (nSPS) is 18.5. The van der Waals surface area contributed by atoms with Crippen LogP contribution in [0.25, 0.3) is 0 Å². The zero-order chi connectivity index (χ0) is 32.4. The second kappa shape index (κ2) is 13.8. The van der Waals surface area contributed by atoms with Gasteiger partial charge in [-0.15, -0.1) is 0 Å². The Morgan fingerprint density at radius 3 is 2.43 bits per heavy atom. The molecule has 0 saturated carbocycles. The Hall–Kier alpha value is -4.04. The van der Waals surface area contributed by atoms with E-state index in [-0.39, 0.29) is 24.1 Å². The lowest BCUT2D eigenvalue weighted by Crippen LogP contribution is -2.45. The molecule has 2 aliphatic heterocycles. The average molecular weight is 660 g/mol. The summed E-state index contributed by atoms with van der Waals surface area (Å²) in [6.45, 7) is 3.56. The summed E-state index contributed by atoms with van der Waals surface area (Å²) in [7, 11) is 3.20. The molecule has 238 valence electrons. The number of carbonyl (C=O) groups excluding carboxylic acids is 2. The maximum Gasteiger partial charge on any atom is 0.323 e. The van der Waals surface area contributed by atoms with Gasteiger partial charge in [-0.25, -0.2) is 0 Å². The van der Waals surface area contributed by atoms with Crippen LogP contribution >= 0.6 is 23.2 Å². The van der Waals surface area contributed by atoms with Crippen molar-refractivity contribution in [2.45, 2.75) is 51.1 Å². The molecule has 0 aromatic heterocycles. The fourth-order valence-corrected chi connectivity index (χ4v) is 6.52. The molecule has 6 rings (SSSR count). The van der Waals surface area contributed by atoms with Crippen molar-refractivity contribution in [2.24, 2.45) is 0 Å². The smallest absolute Gasteiger partial charge is 0.323 e. The van der Waals surface area contributed by atoms with Gasteiger partial charge < -0.3 is 19.1 Å². The topological polar surface area (TPSA) is 68.3 Å². The summed E-state index contributed by atoms with van der Waals surface area (Å²) in [5.74, 6) is 0.855. The molecule has 1 amide bonds. The molecule has 4 aromatic rings. The number of fused-ring (bicyclic) bond motifs is 2. The third-order valence-corrected chi connectivity index (χ3v) is 9.47. The fourth-order valence-electron chi connectivity index (χ4n) is 6.21. The molecule has 2 heterocycles. The number of hydrogen-bond acceptors (Lipinski definition) is 6. The minimum absolute atomic E-state index is 0.117. The molecular weight excluding hydrogens is 623 g/mol. The van der Waals surface area contributed by atoms with Gasteiger partial charge in [-0.2, -0.15) is 0 Å².